The van der Waals surface area contributed by atoms with Crippen molar-refractivity contribution in [2.75, 3.05) is 30.2 Å². The van der Waals surface area contributed by atoms with E-state index in [1.807, 2.05) is 37.3 Å². The molecule has 0 aromatic heterocycles. The van der Waals surface area contributed by atoms with Crippen LogP contribution in [0.1, 0.15) is 22.8 Å². The molecular formula is C20H24N2O4S. The van der Waals surface area contributed by atoms with Crippen molar-refractivity contribution in [2.45, 2.75) is 19.4 Å². The number of ether oxygens (including phenoxy) is 1. The van der Waals surface area contributed by atoms with E-state index in [1.165, 1.54) is 0 Å². The highest BCUT2D eigenvalue weighted by molar-refractivity contribution is 7.92. The summed E-state index contributed by atoms with van der Waals surface area (Å²) in [5.74, 6) is -0.0625. The van der Waals surface area contributed by atoms with E-state index < -0.39 is 10.0 Å². The predicted octanol–water partition coefficient (Wildman–Crippen LogP) is 2.53. The van der Waals surface area contributed by atoms with E-state index in [0.717, 1.165) is 5.56 Å². The summed E-state index contributed by atoms with van der Waals surface area (Å²) in [6.45, 7) is 3.58. The van der Waals surface area contributed by atoms with E-state index in [4.69, 9.17) is 4.74 Å². The Morgan fingerprint density at radius 1 is 1.15 bits per heavy atom. The molecule has 0 saturated carbocycles. The van der Waals surface area contributed by atoms with Crippen LogP contribution in [0.4, 0.5) is 5.69 Å². The Hall–Kier alpha value is -2.38. The molecule has 2 aromatic carbocycles. The van der Waals surface area contributed by atoms with Crippen molar-refractivity contribution in [1.29, 1.82) is 0 Å². The smallest absolute Gasteiger partial charge is 0.254 e. The zero-order valence-corrected chi connectivity index (χ0v) is 16.1. The Morgan fingerprint density at radius 3 is 2.52 bits per heavy atom. The quantitative estimate of drug-likeness (QED) is 0.825. The maximum absolute atomic E-state index is 12.6. The average molecular weight is 388 g/mol. The molecule has 0 bridgehead atoms. The third-order valence-corrected chi connectivity index (χ3v) is 5.82. The Balaban J connectivity index is 1.60. The van der Waals surface area contributed by atoms with Gasteiger partial charge in [0.25, 0.3) is 5.91 Å². The number of sulfonamides is 1. The lowest BCUT2D eigenvalue weighted by molar-refractivity contribution is 0.00359. The summed E-state index contributed by atoms with van der Waals surface area (Å²) in [5.41, 5.74) is 1.97. The van der Waals surface area contributed by atoms with E-state index in [2.05, 4.69) is 4.72 Å². The Bertz CT molecular complexity index is 867. The number of hydrogen-bond donors (Lipinski definition) is 1. The number of hydrogen-bond acceptors (Lipinski definition) is 4. The molecule has 6 nitrogen and oxygen atoms in total. The maximum Gasteiger partial charge on any atom is 0.254 e. The van der Waals surface area contributed by atoms with E-state index >= 15 is 0 Å². The molecule has 1 amide bonds. The van der Waals surface area contributed by atoms with Crippen molar-refractivity contribution in [3.05, 3.63) is 65.7 Å². The Morgan fingerprint density at radius 2 is 1.85 bits per heavy atom. The Labute approximate surface area is 160 Å². The van der Waals surface area contributed by atoms with Crippen LogP contribution >= 0.6 is 0 Å². The van der Waals surface area contributed by atoms with Crippen molar-refractivity contribution in [3.63, 3.8) is 0 Å². The molecule has 1 atom stereocenters. The first-order valence-corrected chi connectivity index (χ1v) is 10.6. The topological polar surface area (TPSA) is 75.7 Å². The van der Waals surface area contributed by atoms with Crippen LogP contribution in [0, 0.1) is 0 Å². The van der Waals surface area contributed by atoms with Gasteiger partial charge in [0.1, 0.15) is 0 Å². The number of morpholine rings is 1. The first-order chi connectivity index (χ1) is 12.9. The van der Waals surface area contributed by atoms with Crippen LogP contribution in [-0.2, 0) is 21.2 Å². The molecule has 1 heterocycles. The van der Waals surface area contributed by atoms with Crippen LogP contribution in [-0.4, -0.2) is 50.8 Å². The van der Waals surface area contributed by atoms with Crippen LogP contribution in [0.25, 0.3) is 0 Å². The Kier molecular flexibility index (Phi) is 6.13. The van der Waals surface area contributed by atoms with Gasteiger partial charge in [0.15, 0.2) is 0 Å². The lowest BCUT2D eigenvalue weighted by atomic mass is 10.1. The molecule has 1 saturated heterocycles. The van der Waals surface area contributed by atoms with Crippen LogP contribution in [0.2, 0.25) is 0 Å². The highest BCUT2D eigenvalue weighted by Gasteiger charge is 2.24. The number of amides is 1. The maximum atomic E-state index is 12.6. The van der Waals surface area contributed by atoms with Crippen molar-refractivity contribution < 1.29 is 17.9 Å². The van der Waals surface area contributed by atoms with Gasteiger partial charge in [-0.15, -0.1) is 0 Å². The molecule has 1 aliphatic heterocycles. The van der Waals surface area contributed by atoms with Gasteiger partial charge < -0.3 is 9.64 Å². The highest BCUT2D eigenvalue weighted by Crippen LogP contribution is 2.16. The molecule has 0 aliphatic carbocycles. The molecule has 1 fully saturated rings. The largest absolute Gasteiger partial charge is 0.377 e. The first-order valence-electron chi connectivity index (χ1n) is 8.98. The predicted molar refractivity (Wildman–Crippen MR) is 105 cm³/mol. The van der Waals surface area contributed by atoms with Gasteiger partial charge in [0, 0.05) is 17.8 Å². The van der Waals surface area contributed by atoms with Gasteiger partial charge in [-0.1, -0.05) is 30.3 Å². The molecule has 1 N–H and O–H groups in total. The lowest BCUT2D eigenvalue weighted by Crippen LogP contribution is -2.47. The highest BCUT2D eigenvalue weighted by atomic mass is 32.2. The number of aryl methyl sites for hydroxylation is 1. The van der Waals surface area contributed by atoms with Gasteiger partial charge >= 0.3 is 0 Å². The summed E-state index contributed by atoms with van der Waals surface area (Å²) in [7, 11) is -3.46. The standard InChI is InChI=1S/C20H24N2O4S/c1-16-15-26-13-12-22(16)20(23)18-7-9-19(10-8-18)21-27(24,25)14-11-17-5-3-2-4-6-17/h2-10,16,21H,11-15H2,1H3. The normalized spacial score (nSPS) is 17.5. The van der Waals surface area contributed by atoms with Gasteiger partial charge in [-0.25, -0.2) is 8.42 Å². The molecule has 1 unspecified atom stereocenters. The zero-order valence-electron chi connectivity index (χ0n) is 15.3. The molecule has 7 heteroatoms. The van der Waals surface area contributed by atoms with Gasteiger partial charge in [-0.3, -0.25) is 9.52 Å². The minimum atomic E-state index is -3.46. The van der Waals surface area contributed by atoms with Gasteiger partial charge in [0.05, 0.1) is 25.0 Å². The second kappa shape index (κ2) is 8.54. The molecule has 27 heavy (non-hydrogen) atoms. The number of rotatable bonds is 6. The van der Waals surface area contributed by atoms with Crippen LogP contribution in [0.15, 0.2) is 54.6 Å². The zero-order chi connectivity index (χ0) is 19.3. The van der Waals surface area contributed by atoms with Crippen molar-refractivity contribution >= 4 is 21.6 Å². The summed E-state index contributed by atoms with van der Waals surface area (Å²) in [4.78, 5) is 14.4. The second-order valence-corrected chi connectivity index (χ2v) is 8.50. The summed E-state index contributed by atoms with van der Waals surface area (Å²) in [6, 6.07) is 16.1. The SMILES string of the molecule is CC1COCCN1C(=O)c1ccc(NS(=O)(=O)CCc2ccccc2)cc1. The molecular weight excluding hydrogens is 364 g/mol. The van der Waals surface area contributed by atoms with Crippen molar-refractivity contribution in [2.24, 2.45) is 0 Å². The van der Waals surface area contributed by atoms with Gasteiger partial charge in [0.2, 0.25) is 10.0 Å². The van der Waals surface area contributed by atoms with E-state index in [-0.39, 0.29) is 17.7 Å². The second-order valence-electron chi connectivity index (χ2n) is 6.66. The lowest BCUT2D eigenvalue weighted by Gasteiger charge is -2.33. The minimum Gasteiger partial charge on any atom is -0.377 e. The van der Waals surface area contributed by atoms with Crippen LogP contribution in [0.5, 0.6) is 0 Å². The van der Waals surface area contributed by atoms with E-state index in [9.17, 15) is 13.2 Å². The number of benzene rings is 2. The van der Waals surface area contributed by atoms with Crippen LogP contribution < -0.4 is 4.72 Å². The van der Waals surface area contributed by atoms with Gasteiger partial charge in [-0.05, 0) is 43.2 Å². The number of nitrogens with zero attached hydrogens (tertiary/aromatic N) is 1. The number of carbonyl (C=O) groups is 1. The fourth-order valence-electron chi connectivity index (χ4n) is 3.00. The third kappa shape index (κ3) is 5.30. The number of carbonyl (C=O) groups excluding carboxylic acids is 1. The van der Waals surface area contributed by atoms with Crippen molar-refractivity contribution in [3.8, 4) is 0 Å². The molecule has 1 aliphatic rings. The summed E-state index contributed by atoms with van der Waals surface area (Å²) >= 11 is 0. The van der Waals surface area contributed by atoms with Crippen LogP contribution in [0.3, 0.4) is 0 Å². The molecule has 3 rings (SSSR count). The molecule has 2 aromatic rings. The fraction of sp³-hybridized carbons (Fsp3) is 0.350. The minimum absolute atomic E-state index is 0.00296. The van der Waals surface area contributed by atoms with E-state index in [1.54, 1.807) is 29.2 Å². The summed E-state index contributed by atoms with van der Waals surface area (Å²) in [5, 5.41) is 0. The summed E-state index contributed by atoms with van der Waals surface area (Å²) < 4.78 is 32.5. The monoisotopic (exact) mass is 388 g/mol. The fourth-order valence-corrected chi connectivity index (χ4v) is 4.10. The molecule has 144 valence electrons. The molecule has 0 spiro atoms. The first kappa shape index (κ1) is 19.4. The van der Waals surface area contributed by atoms with Crippen molar-refractivity contribution in [1.82, 2.24) is 4.90 Å². The third-order valence-electron chi connectivity index (χ3n) is 4.54. The van der Waals surface area contributed by atoms with Gasteiger partial charge in [-0.2, -0.15) is 0 Å². The number of anilines is 1. The molecule has 0 radical (unpaired) electrons. The number of nitrogens with one attached hydrogen (secondary N) is 1. The van der Waals surface area contributed by atoms with E-state index in [0.29, 0.717) is 37.4 Å². The average Bonchev–Trinajstić information content (AvgIpc) is 2.67. The summed E-state index contributed by atoms with van der Waals surface area (Å²) in [6.07, 6.45) is 0.446.